The fourth-order valence-corrected chi connectivity index (χ4v) is 2.51. The van der Waals surface area contributed by atoms with Gasteiger partial charge < -0.3 is 15.3 Å². The standard InChI is InChI=1S/C14H20N2O/c17-13(9-15-12-5-6-12)10-16-8-7-11-3-1-2-4-14(11)16/h1-4,12-13,15,17H,5-10H2. The monoisotopic (exact) mass is 232 g/mol. The summed E-state index contributed by atoms with van der Waals surface area (Å²) in [6.45, 7) is 2.51. The van der Waals surface area contributed by atoms with Gasteiger partial charge in [0.05, 0.1) is 6.10 Å². The van der Waals surface area contributed by atoms with E-state index < -0.39 is 0 Å². The highest BCUT2D eigenvalue weighted by atomic mass is 16.3. The van der Waals surface area contributed by atoms with E-state index in [9.17, 15) is 5.11 Å². The lowest BCUT2D eigenvalue weighted by molar-refractivity contribution is 0.176. The Balaban J connectivity index is 1.55. The summed E-state index contributed by atoms with van der Waals surface area (Å²) >= 11 is 0. The quantitative estimate of drug-likeness (QED) is 0.800. The lowest BCUT2D eigenvalue weighted by Gasteiger charge is -2.23. The van der Waals surface area contributed by atoms with Gasteiger partial charge in [-0.15, -0.1) is 0 Å². The molecule has 0 radical (unpaired) electrons. The van der Waals surface area contributed by atoms with Gasteiger partial charge in [-0.3, -0.25) is 0 Å². The molecule has 1 unspecified atom stereocenters. The van der Waals surface area contributed by atoms with Crippen molar-refractivity contribution in [3.8, 4) is 0 Å². The van der Waals surface area contributed by atoms with E-state index >= 15 is 0 Å². The van der Waals surface area contributed by atoms with Crippen molar-refractivity contribution >= 4 is 5.69 Å². The van der Waals surface area contributed by atoms with Crippen molar-refractivity contribution in [3.05, 3.63) is 29.8 Å². The summed E-state index contributed by atoms with van der Waals surface area (Å²) in [4.78, 5) is 2.30. The Morgan fingerprint density at radius 3 is 3.00 bits per heavy atom. The van der Waals surface area contributed by atoms with E-state index in [-0.39, 0.29) is 6.10 Å². The zero-order valence-electron chi connectivity index (χ0n) is 10.1. The van der Waals surface area contributed by atoms with Gasteiger partial charge in [0, 0.05) is 31.4 Å². The van der Waals surface area contributed by atoms with Gasteiger partial charge in [0.1, 0.15) is 0 Å². The minimum atomic E-state index is -0.262. The molecule has 17 heavy (non-hydrogen) atoms. The Kier molecular flexibility index (Phi) is 3.04. The van der Waals surface area contributed by atoms with Gasteiger partial charge in [-0.1, -0.05) is 18.2 Å². The van der Waals surface area contributed by atoms with Crippen LogP contribution in [-0.4, -0.2) is 36.9 Å². The molecule has 1 fully saturated rings. The molecule has 3 heteroatoms. The number of benzene rings is 1. The molecular formula is C14H20N2O. The number of hydrogen-bond acceptors (Lipinski definition) is 3. The maximum atomic E-state index is 10.0. The number of anilines is 1. The topological polar surface area (TPSA) is 35.5 Å². The Bertz CT molecular complexity index is 390. The Morgan fingerprint density at radius 1 is 1.35 bits per heavy atom. The molecule has 1 aromatic carbocycles. The number of β-amino-alcohol motifs (C(OH)–C–C–N with tert-alkyl or cyclic N) is 1. The number of nitrogens with one attached hydrogen (secondary N) is 1. The third-order valence-electron chi connectivity index (χ3n) is 3.63. The zero-order valence-corrected chi connectivity index (χ0v) is 10.1. The zero-order chi connectivity index (χ0) is 11.7. The summed E-state index contributed by atoms with van der Waals surface area (Å²) in [5, 5.41) is 13.4. The number of fused-ring (bicyclic) bond motifs is 1. The second kappa shape index (κ2) is 4.67. The molecule has 0 saturated heterocycles. The first-order valence-corrected chi connectivity index (χ1v) is 6.57. The molecule has 2 N–H and O–H groups in total. The van der Waals surface area contributed by atoms with Gasteiger partial charge in [0.25, 0.3) is 0 Å². The van der Waals surface area contributed by atoms with Crippen molar-refractivity contribution in [2.75, 3.05) is 24.5 Å². The molecule has 2 aliphatic rings. The van der Waals surface area contributed by atoms with E-state index in [1.807, 2.05) is 0 Å². The first-order chi connectivity index (χ1) is 8.33. The highest BCUT2D eigenvalue weighted by Crippen LogP contribution is 2.27. The van der Waals surface area contributed by atoms with Crippen molar-refractivity contribution in [1.82, 2.24) is 5.32 Å². The molecule has 3 rings (SSSR count). The second-order valence-electron chi connectivity index (χ2n) is 5.16. The van der Waals surface area contributed by atoms with Crippen LogP contribution in [0.5, 0.6) is 0 Å². The minimum absolute atomic E-state index is 0.262. The van der Waals surface area contributed by atoms with Gasteiger partial charge in [-0.2, -0.15) is 0 Å². The summed E-state index contributed by atoms with van der Waals surface area (Å²) in [7, 11) is 0. The summed E-state index contributed by atoms with van der Waals surface area (Å²) < 4.78 is 0. The van der Waals surface area contributed by atoms with Crippen molar-refractivity contribution < 1.29 is 5.11 Å². The van der Waals surface area contributed by atoms with Crippen LogP contribution in [-0.2, 0) is 6.42 Å². The van der Waals surface area contributed by atoms with Crippen LogP contribution < -0.4 is 10.2 Å². The van der Waals surface area contributed by atoms with Gasteiger partial charge >= 0.3 is 0 Å². The third-order valence-corrected chi connectivity index (χ3v) is 3.63. The van der Waals surface area contributed by atoms with Crippen LogP contribution in [0.4, 0.5) is 5.69 Å². The van der Waals surface area contributed by atoms with E-state index in [1.54, 1.807) is 0 Å². The van der Waals surface area contributed by atoms with Crippen molar-refractivity contribution in [2.24, 2.45) is 0 Å². The van der Waals surface area contributed by atoms with E-state index in [1.165, 1.54) is 24.1 Å². The van der Waals surface area contributed by atoms with Crippen LogP contribution in [0.3, 0.4) is 0 Å². The second-order valence-corrected chi connectivity index (χ2v) is 5.16. The van der Waals surface area contributed by atoms with E-state index in [4.69, 9.17) is 0 Å². The summed E-state index contributed by atoms with van der Waals surface area (Å²) in [5.74, 6) is 0. The third kappa shape index (κ3) is 2.61. The molecule has 1 heterocycles. The van der Waals surface area contributed by atoms with Crippen LogP contribution in [0, 0.1) is 0 Å². The first-order valence-electron chi connectivity index (χ1n) is 6.57. The average Bonchev–Trinajstić information content (AvgIpc) is 3.10. The predicted molar refractivity (Wildman–Crippen MR) is 69.4 cm³/mol. The van der Waals surface area contributed by atoms with Crippen LogP contribution >= 0.6 is 0 Å². The Morgan fingerprint density at radius 2 is 2.18 bits per heavy atom. The molecule has 1 aliphatic heterocycles. The average molecular weight is 232 g/mol. The van der Waals surface area contributed by atoms with Crippen LogP contribution in [0.15, 0.2) is 24.3 Å². The summed E-state index contributed by atoms with van der Waals surface area (Å²) in [5.41, 5.74) is 2.72. The van der Waals surface area contributed by atoms with E-state index in [0.29, 0.717) is 6.04 Å². The van der Waals surface area contributed by atoms with E-state index in [0.717, 1.165) is 26.1 Å². The van der Waals surface area contributed by atoms with E-state index in [2.05, 4.69) is 34.5 Å². The predicted octanol–water partition coefficient (Wildman–Crippen LogP) is 1.16. The maximum Gasteiger partial charge on any atom is 0.0839 e. The van der Waals surface area contributed by atoms with Gasteiger partial charge in [-0.05, 0) is 30.9 Å². The normalized spacial score (nSPS) is 20.4. The molecule has 1 saturated carbocycles. The highest BCUT2D eigenvalue weighted by Gasteiger charge is 2.24. The number of aliphatic hydroxyl groups is 1. The van der Waals surface area contributed by atoms with Crippen LogP contribution in [0.2, 0.25) is 0 Å². The summed E-state index contributed by atoms with van der Waals surface area (Å²) in [6.07, 6.45) is 3.40. The Labute approximate surface area is 102 Å². The number of hydrogen-bond donors (Lipinski definition) is 2. The molecule has 1 aliphatic carbocycles. The number of aliphatic hydroxyl groups excluding tert-OH is 1. The smallest absolute Gasteiger partial charge is 0.0839 e. The number of rotatable bonds is 5. The lowest BCUT2D eigenvalue weighted by Crippen LogP contribution is -2.38. The van der Waals surface area contributed by atoms with Gasteiger partial charge in [0.2, 0.25) is 0 Å². The Hall–Kier alpha value is -1.06. The van der Waals surface area contributed by atoms with Crippen molar-refractivity contribution in [1.29, 1.82) is 0 Å². The molecule has 0 amide bonds. The fraction of sp³-hybridized carbons (Fsp3) is 0.571. The maximum absolute atomic E-state index is 10.0. The number of para-hydroxylation sites is 1. The molecule has 92 valence electrons. The molecule has 0 bridgehead atoms. The van der Waals surface area contributed by atoms with Crippen LogP contribution in [0.25, 0.3) is 0 Å². The van der Waals surface area contributed by atoms with Crippen molar-refractivity contribution in [2.45, 2.75) is 31.4 Å². The van der Waals surface area contributed by atoms with Crippen molar-refractivity contribution in [3.63, 3.8) is 0 Å². The molecular weight excluding hydrogens is 212 g/mol. The number of nitrogens with zero attached hydrogens (tertiary/aromatic N) is 1. The largest absolute Gasteiger partial charge is 0.390 e. The van der Waals surface area contributed by atoms with Gasteiger partial charge in [-0.25, -0.2) is 0 Å². The summed E-state index contributed by atoms with van der Waals surface area (Å²) in [6, 6.07) is 9.18. The van der Waals surface area contributed by atoms with Crippen LogP contribution in [0.1, 0.15) is 18.4 Å². The lowest BCUT2D eigenvalue weighted by atomic mass is 10.2. The molecule has 1 atom stereocenters. The van der Waals surface area contributed by atoms with Gasteiger partial charge in [0.15, 0.2) is 0 Å². The fourth-order valence-electron chi connectivity index (χ4n) is 2.51. The highest BCUT2D eigenvalue weighted by molar-refractivity contribution is 5.57. The molecule has 0 spiro atoms. The molecule has 3 nitrogen and oxygen atoms in total. The molecule has 0 aromatic heterocycles. The minimum Gasteiger partial charge on any atom is -0.390 e. The SMILES string of the molecule is OC(CNC1CC1)CN1CCc2ccccc21. The first kappa shape index (κ1) is 11.1. The molecule has 1 aromatic rings.